The molecule has 3 rings (SSSR count). The van der Waals surface area contributed by atoms with Crippen LogP contribution in [0.4, 0.5) is 5.69 Å². The van der Waals surface area contributed by atoms with Crippen molar-refractivity contribution in [1.82, 2.24) is 4.31 Å². The summed E-state index contributed by atoms with van der Waals surface area (Å²) in [5, 5.41) is 4.46. The van der Waals surface area contributed by atoms with E-state index in [-0.39, 0.29) is 22.2 Å². The number of hydrogen-bond donors (Lipinski definition) is 1. The lowest BCUT2D eigenvalue weighted by molar-refractivity contribution is -0.120. The summed E-state index contributed by atoms with van der Waals surface area (Å²) in [4.78, 5) is 24.6. The smallest absolute Gasteiger partial charge is 0.339 e. The van der Waals surface area contributed by atoms with Crippen molar-refractivity contribution in [3.63, 3.8) is 0 Å². The number of nitrogens with zero attached hydrogens (tertiary/aromatic N) is 1. The minimum absolute atomic E-state index is 0.118. The van der Waals surface area contributed by atoms with Crippen LogP contribution in [-0.2, 0) is 19.6 Å². The molecule has 1 fully saturated rings. The monoisotopic (exact) mass is 408 g/mol. The highest BCUT2D eigenvalue weighted by molar-refractivity contribution is 7.91. The third kappa shape index (κ3) is 4.20. The number of esters is 1. The summed E-state index contributed by atoms with van der Waals surface area (Å²) in [5.41, 5.74) is 0.611. The van der Waals surface area contributed by atoms with E-state index in [1.807, 2.05) is 0 Å². The lowest BCUT2D eigenvalue weighted by Gasteiger charge is -2.30. The van der Waals surface area contributed by atoms with E-state index < -0.39 is 21.9 Å². The van der Waals surface area contributed by atoms with Crippen LogP contribution in [0.5, 0.6) is 0 Å². The summed E-state index contributed by atoms with van der Waals surface area (Å²) in [7, 11) is -2.31. The molecule has 0 spiro atoms. The average molecular weight is 409 g/mol. The molecular weight excluding hydrogens is 388 g/mol. The lowest BCUT2D eigenvalue weighted by Crippen LogP contribution is -2.43. The number of carbonyl (C=O) groups excluding carboxylic acids is 2. The molecule has 1 aromatic carbocycles. The SMILES string of the molecule is COC(=O)c1ccccc1NC(=O)[C@H]1CCCN(S(=O)(=O)c2cccs2)C1. The number of hydrogen-bond acceptors (Lipinski definition) is 6. The van der Waals surface area contributed by atoms with E-state index in [0.29, 0.717) is 25.1 Å². The van der Waals surface area contributed by atoms with Gasteiger partial charge >= 0.3 is 5.97 Å². The summed E-state index contributed by atoms with van der Waals surface area (Å²) in [6, 6.07) is 9.82. The third-order valence-electron chi connectivity index (χ3n) is 4.43. The first-order valence-corrected chi connectivity index (χ1v) is 10.8. The number of rotatable bonds is 5. The highest BCUT2D eigenvalue weighted by atomic mass is 32.2. The molecule has 2 aromatic rings. The lowest BCUT2D eigenvalue weighted by atomic mass is 9.98. The van der Waals surface area contributed by atoms with Crippen molar-refractivity contribution in [2.24, 2.45) is 5.92 Å². The molecule has 0 unspecified atom stereocenters. The number of anilines is 1. The average Bonchev–Trinajstić information content (AvgIpc) is 3.23. The van der Waals surface area contributed by atoms with Gasteiger partial charge in [-0.1, -0.05) is 18.2 Å². The Kier molecular flexibility index (Phi) is 5.93. The second kappa shape index (κ2) is 8.20. The van der Waals surface area contributed by atoms with Crippen LogP contribution in [0.3, 0.4) is 0 Å². The summed E-state index contributed by atoms with van der Waals surface area (Å²) in [6.07, 6.45) is 1.18. The Morgan fingerprint density at radius 1 is 1.22 bits per heavy atom. The molecule has 1 aliphatic heterocycles. The van der Waals surface area contributed by atoms with Gasteiger partial charge in [0, 0.05) is 13.1 Å². The Morgan fingerprint density at radius 3 is 2.70 bits per heavy atom. The van der Waals surface area contributed by atoms with E-state index in [0.717, 1.165) is 11.3 Å². The summed E-state index contributed by atoms with van der Waals surface area (Å²) in [6.45, 7) is 0.509. The largest absolute Gasteiger partial charge is 0.465 e. The molecule has 1 atom stereocenters. The van der Waals surface area contributed by atoms with Crippen LogP contribution in [0.2, 0.25) is 0 Å². The molecule has 1 aliphatic rings. The van der Waals surface area contributed by atoms with Gasteiger partial charge in [-0.15, -0.1) is 11.3 Å². The Hall–Kier alpha value is -2.23. The van der Waals surface area contributed by atoms with Crippen LogP contribution in [0.15, 0.2) is 46.0 Å². The third-order valence-corrected chi connectivity index (χ3v) is 7.67. The van der Waals surface area contributed by atoms with Crippen molar-refractivity contribution in [3.05, 3.63) is 47.3 Å². The molecule has 27 heavy (non-hydrogen) atoms. The molecule has 1 aromatic heterocycles. The maximum Gasteiger partial charge on any atom is 0.339 e. The van der Waals surface area contributed by atoms with Crippen molar-refractivity contribution in [2.75, 3.05) is 25.5 Å². The van der Waals surface area contributed by atoms with Crippen LogP contribution in [-0.4, -0.2) is 44.8 Å². The fourth-order valence-electron chi connectivity index (χ4n) is 3.03. The number of carbonyl (C=O) groups is 2. The molecule has 7 nitrogen and oxygen atoms in total. The fourth-order valence-corrected chi connectivity index (χ4v) is 5.70. The van der Waals surface area contributed by atoms with Crippen LogP contribution in [0.25, 0.3) is 0 Å². The predicted octanol–water partition coefficient (Wildman–Crippen LogP) is 2.57. The first-order valence-electron chi connectivity index (χ1n) is 8.45. The number of para-hydroxylation sites is 1. The maximum absolute atomic E-state index is 12.7. The molecule has 1 amide bonds. The maximum atomic E-state index is 12.7. The fraction of sp³-hybridized carbons (Fsp3) is 0.333. The number of benzene rings is 1. The normalized spacial score (nSPS) is 18.0. The number of piperidine rings is 1. The second-order valence-electron chi connectivity index (χ2n) is 6.16. The van der Waals surface area contributed by atoms with Gasteiger partial charge in [0.2, 0.25) is 5.91 Å². The molecule has 1 saturated heterocycles. The van der Waals surface area contributed by atoms with Gasteiger partial charge in [0.25, 0.3) is 10.0 Å². The van der Waals surface area contributed by atoms with Crippen molar-refractivity contribution >= 4 is 38.9 Å². The van der Waals surface area contributed by atoms with Gasteiger partial charge in [0.05, 0.1) is 24.3 Å². The zero-order valence-corrected chi connectivity index (χ0v) is 16.4. The summed E-state index contributed by atoms with van der Waals surface area (Å²) < 4.78 is 31.8. The predicted molar refractivity (Wildman–Crippen MR) is 102 cm³/mol. The number of nitrogens with one attached hydrogen (secondary N) is 1. The molecule has 0 radical (unpaired) electrons. The second-order valence-corrected chi connectivity index (χ2v) is 9.27. The Balaban J connectivity index is 1.74. The molecule has 9 heteroatoms. The van der Waals surface area contributed by atoms with E-state index >= 15 is 0 Å². The molecule has 2 heterocycles. The van der Waals surface area contributed by atoms with E-state index in [9.17, 15) is 18.0 Å². The van der Waals surface area contributed by atoms with Gasteiger partial charge in [-0.25, -0.2) is 13.2 Å². The number of amides is 1. The molecular formula is C18H20N2O5S2. The zero-order valence-electron chi connectivity index (χ0n) is 14.8. The molecule has 0 aliphatic carbocycles. The molecule has 0 bridgehead atoms. The highest BCUT2D eigenvalue weighted by Gasteiger charge is 2.34. The van der Waals surface area contributed by atoms with Crippen LogP contribution in [0.1, 0.15) is 23.2 Å². The van der Waals surface area contributed by atoms with Gasteiger partial charge in [-0.05, 0) is 36.4 Å². The van der Waals surface area contributed by atoms with Gasteiger partial charge in [-0.2, -0.15) is 4.31 Å². The summed E-state index contributed by atoms with van der Waals surface area (Å²) >= 11 is 1.16. The van der Waals surface area contributed by atoms with Crippen LogP contribution in [0, 0.1) is 5.92 Å². The van der Waals surface area contributed by atoms with E-state index in [2.05, 4.69) is 5.32 Å². The van der Waals surface area contributed by atoms with Crippen LogP contribution < -0.4 is 5.32 Å². The Bertz CT molecular complexity index is 925. The quantitative estimate of drug-likeness (QED) is 0.768. The van der Waals surface area contributed by atoms with Crippen molar-refractivity contribution in [3.8, 4) is 0 Å². The van der Waals surface area contributed by atoms with Crippen molar-refractivity contribution < 1.29 is 22.7 Å². The Morgan fingerprint density at radius 2 is 2.00 bits per heavy atom. The minimum atomic E-state index is -3.59. The zero-order chi connectivity index (χ0) is 19.4. The standard InChI is InChI=1S/C18H20N2O5S2/c1-25-18(22)14-7-2-3-8-15(14)19-17(21)13-6-4-10-20(12-13)27(23,24)16-9-5-11-26-16/h2-3,5,7-9,11,13H,4,6,10,12H2,1H3,(H,19,21)/t13-/m0/s1. The first-order chi connectivity index (χ1) is 12.9. The van der Waals surface area contributed by atoms with Crippen molar-refractivity contribution in [1.29, 1.82) is 0 Å². The van der Waals surface area contributed by atoms with E-state index in [4.69, 9.17) is 4.74 Å². The van der Waals surface area contributed by atoms with Gasteiger partial charge < -0.3 is 10.1 Å². The van der Waals surface area contributed by atoms with Gasteiger partial charge in [0.15, 0.2) is 0 Å². The summed E-state index contributed by atoms with van der Waals surface area (Å²) in [5.74, 6) is -1.34. The highest BCUT2D eigenvalue weighted by Crippen LogP contribution is 2.27. The molecule has 144 valence electrons. The molecule has 0 saturated carbocycles. The van der Waals surface area contributed by atoms with Gasteiger partial charge in [-0.3, -0.25) is 4.79 Å². The topological polar surface area (TPSA) is 92.8 Å². The van der Waals surface area contributed by atoms with E-state index in [1.165, 1.54) is 11.4 Å². The molecule has 1 N–H and O–H groups in total. The number of sulfonamides is 1. The number of thiophene rings is 1. The number of ether oxygens (including phenoxy) is 1. The number of methoxy groups -OCH3 is 1. The van der Waals surface area contributed by atoms with Crippen LogP contribution >= 0.6 is 11.3 Å². The van der Waals surface area contributed by atoms with E-state index in [1.54, 1.807) is 41.8 Å². The minimum Gasteiger partial charge on any atom is -0.465 e. The van der Waals surface area contributed by atoms with Crippen molar-refractivity contribution in [2.45, 2.75) is 17.1 Å². The first kappa shape index (κ1) is 19.5. The Labute approximate surface area is 162 Å². The van der Waals surface area contributed by atoms with Gasteiger partial charge in [0.1, 0.15) is 4.21 Å².